The molecular formula is C38H42CaN4O6. The number of aliphatic carboxylic acids is 2. The number of hydrazine groups is 2. The summed E-state index contributed by atoms with van der Waals surface area (Å²) in [5, 5.41) is 25.5. The summed E-state index contributed by atoms with van der Waals surface area (Å²) in [6.45, 7) is 3.90. The number of carbonyl (C=O) groups is 4. The number of benzene rings is 4. The quantitative estimate of drug-likeness (QED) is 0.0967. The molecule has 0 fully saturated rings. The van der Waals surface area contributed by atoms with E-state index in [1.165, 1.54) is 10.0 Å². The molecule has 0 bridgehead atoms. The van der Waals surface area contributed by atoms with E-state index in [9.17, 15) is 29.4 Å². The van der Waals surface area contributed by atoms with Gasteiger partial charge in [0.2, 0.25) is 0 Å². The number of carbonyl (C=O) groups excluding carboxylic acids is 4. The Morgan fingerprint density at radius 3 is 1.08 bits per heavy atom. The van der Waals surface area contributed by atoms with E-state index in [2.05, 4.69) is 10.9 Å². The van der Waals surface area contributed by atoms with Crippen LogP contribution in [0, 0.1) is 11.8 Å². The Hall–Kier alpha value is -4.38. The van der Waals surface area contributed by atoms with Gasteiger partial charge >= 0.3 is 37.7 Å². The van der Waals surface area contributed by atoms with Gasteiger partial charge in [0.25, 0.3) is 11.8 Å². The van der Waals surface area contributed by atoms with Crippen LogP contribution < -0.4 is 31.1 Å². The number of hydrogen-bond donors (Lipinski definition) is 2. The van der Waals surface area contributed by atoms with Gasteiger partial charge in [-0.3, -0.25) is 20.4 Å². The number of para-hydroxylation sites is 4. The molecule has 0 radical (unpaired) electrons. The van der Waals surface area contributed by atoms with Gasteiger partial charge in [0.15, 0.2) is 0 Å². The van der Waals surface area contributed by atoms with Gasteiger partial charge in [-0.15, -0.1) is 0 Å². The van der Waals surface area contributed by atoms with Crippen LogP contribution >= 0.6 is 0 Å². The Balaban J connectivity index is 0.000000333. The van der Waals surface area contributed by atoms with Gasteiger partial charge in [0.05, 0.1) is 46.5 Å². The van der Waals surface area contributed by atoms with Gasteiger partial charge in [0.1, 0.15) is 0 Å². The largest absolute Gasteiger partial charge is 2.00 e. The van der Waals surface area contributed by atoms with Crippen LogP contribution in [0.15, 0.2) is 121 Å². The second-order valence-corrected chi connectivity index (χ2v) is 11.0. The van der Waals surface area contributed by atoms with Gasteiger partial charge in [-0.25, -0.2) is 10.0 Å². The van der Waals surface area contributed by atoms with E-state index >= 15 is 0 Å². The first kappa shape index (κ1) is 40.8. The summed E-state index contributed by atoms with van der Waals surface area (Å²) in [6.07, 6.45) is 3.45. The molecule has 0 saturated carbocycles. The molecule has 49 heavy (non-hydrogen) atoms. The zero-order chi connectivity index (χ0) is 34.7. The van der Waals surface area contributed by atoms with Crippen molar-refractivity contribution in [1.82, 2.24) is 0 Å². The number of amides is 2. The molecule has 0 saturated heterocycles. The molecule has 10 nitrogen and oxygen atoms in total. The van der Waals surface area contributed by atoms with Crippen molar-refractivity contribution in [1.29, 1.82) is 0 Å². The van der Waals surface area contributed by atoms with Crippen LogP contribution in [-0.2, 0) is 19.2 Å². The first-order valence-corrected chi connectivity index (χ1v) is 16.1. The van der Waals surface area contributed by atoms with Crippen molar-refractivity contribution < 1.29 is 29.4 Å². The Labute approximate surface area is 318 Å². The van der Waals surface area contributed by atoms with Crippen LogP contribution in [0.25, 0.3) is 0 Å². The van der Waals surface area contributed by atoms with Crippen molar-refractivity contribution >= 4 is 84.2 Å². The Morgan fingerprint density at radius 2 is 0.816 bits per heavy atom. The summed E-state index contributed by atoms with van der Waals surface area (Å²) in [5.74, 6) is -6.10. The summed E-state index contributed by atoms with van der Waals surface area (Å²) in [6, 6.07) is 36.2. The smallest absolute Gasteiger partial charge is 0.549 e. The predicted molar refractivity (Wildman–Crippen MR) is 190 cm³/mol. The average molecular weight is 691 g/mol. The third-order valence-corrected chi connectivity index (χ3v) is 7.36. The number of nitrogens with zero attached hydrogens (tertiary/aromatic N) is 2. The van der Waals surface area contributed by atoms with Crippen molar-refractivity contribution in [2.24, 2.45) is 11.8 Å². The normalized spacial score (nSPS) is 11.3. The number of nitrogens with one attached hydrogen (secondary N) is 2. The fourth-order valence-electron chi connectivity index (χ4n) is 4.74. The van der Waals surface area contributed by atoms with E-state index < -0.39 is 35.6 Å². The number of unbranched alkanes of at least 4 members (excludes halogenated alkanes) is 2. The average Bonchev–Trinajstić information content (AvgIpc) is 3.11. The third-order valence-electron chi connectivity index (χ3n) is 7.36. The van der Waals surface area contributed by atoms with Gasteiger partial charge < -0.3 is 19.8 Å². The number of anilines is 4. The zero-order valence-electron chi connectivity index (χ0n) is 28.0. The fourth-order valence-corrected chi connectivity index (χ4v) is 4.74. The fraction of sp³-hybridized carbons (Fsp3) is 0.263. The molecule has 2 atom stereocenters. The molecule has 2 N–H and O–H groups in total. The maximum Gasteiger partial charge on any atom is 2.00 e. The van der Waals surface area contributed by atoms with Crippen LogP contribution in [0.5, 0.6) is 0 Å². The summed E-state index contributed by atoms with van der Waals surface area (Å²) >= 11 is 0. The molecule has 0 aliphatic heterocycles. The standard InChI is InChI=1S/2C19H22N2O3.Ca/c2*1-2-3-14-17(19(23)24)18(22)21(16-12-8-5-9-13-16)20-15-10-6-4-7-11-15;/h2*4-13,17,20H,2-3,14H2,1H3,(H,23,24);/q;;+2/p-2/t2*17-;/m00./s1. The Morgan fingerprint density at radius 1 is 0.531 bits per heavy atom. The van der Waals surface area contributed by atoms with Crippen LogP contribution in [0.2, 0.25) is 0 Å². The Kier molecular flexibility index (Phi) is 18.6. The maximum absolute atomic E-state index is 12.8. The molecular weight excluding hydrogens is 649 g/mol. The second kappa shape index (κ2) is 22.3. The third kappa shape index (κ3) is 13.2. The van der Waals surface area contributed by atoms with Gasteiger partial charge in [-0.05, 0) is 61.4 Å². The molecule has 0 aliphatic rings. The van der Waals surface area contributed by atoms with Crippen LogP contribution in [0.4, 0.5) is 22.7 Å². The van der Waals surface area contributed by atoms with Crippen LogP contribution in [0.1, 0.15) is 52.4 Å². The topological polar surface area (TPSA) is 145 Å². The minimum absolute atomic E-state index is 0. The monoisotopic (exact) mass is 690 g/mol. The molecule has 4 aromatic carbocycles. The molecule has 0 spiro atoms. The summed E-state index contributed by atoms with van der Waals surface area (Å²) in [4.78, 5) is 48.6. The summed E-state index contributed by atoms with van der Waals surface area (Å²) in [7, 11) is 0. The molecule has 0 unspecified atom stereocenters. The SMILES string of the molecule is CCCC[C@H](C(=O)[O-])C(=O)N(Nc1ccccc1)c1ccccc1.CCCC[C@H](C(=O)[O-])C(=O)N(Nc1ccccc1)c1ccccc1.[Ca+2]. The van der Waals surface area contributed by atoms with Gasteiger partial charge in [0, 0.05) is 0 Å². The van der Waals surface area contributed by atoms with Crippen molar-refractivity contribution in [3.8, 4) is 0 Å². The van der Waals surface area contributed by atoms with E-state index in [1.807, 2.05) is 86.6 Å². The number of carboxylic acids is 2. The predicted octanol–water partition coefficient (Wildman–Crippen LogP) is 4.83. The number of rotatable bonds is 16. The van der Waals surface area contributed by atoms with Crippen molar-refractivity contribution in [3.05, 3.63) is 121 Å². The molecule has 252 valence electrons. The molecule has 0 heterocycles. The zero-order valence-corrected chi connectivity index (χ0v) is 30.2. The number of carboxylic acid groups (broad SMARTS) is 2. The van der Waals surface area contributed by atoms with E-state index in [0.29, 0.717) is 35.6 Å². The first-order chi connectivity index (χ1) is 23.3. The molecule has 4 rings (SSSR count). The summed E-state index contributed by atoms with van der Waals surface area (Å²) in [5.41, 5.74) is 8.55. The van der Waals surface area contributed by atoms with E-state index in [0.717, 1.165) is 12.8 Å². The van der Waals surface area contributed by atoms with Gasteiger partial charge in [-0.1, -0.05) is 112 Å². The number of hydrogen-bond acceptors (Lipinski definition) is 8. The summed E-state index contributed by atoms with van der Waals surface area (Å²) < 4.78 is 0. The van der Waals surface area contributed by atoms with E-state index in [4.69, 9.17) is 0 Å². The minimum atomic E-state index is -1.34. The first-order valence-electron chi connectivity index (χ1n) is 16.1. The van der Waals surface area contributed by atoms with Crippen molar-refractivity contribution in [2.45, 2.75) is 52.4 Å². The van der Waals surface area contributed by atoms with Gasteiger partial charge in [-0.2, -0.15) is 0 Å². The van der Waals surface area contributed by atoms with Crippen molar-refractivity contribution in [3.63, 3.8) is 0 Å². The molecule has 2 amide bonds. The van der Waals surface area contributed by atoms with E-state index in [-0.39, 0.29) is 50.6 Å². The molecule has 0 aromatic heterocycles. The minimum Gasteiger partial charge on any atom is -0.549 e. The maximum atomic E-state index is 12.8. The Bertz CT molecular complexity index is 1440. The van der Waals surface area contributed by atoms with Crippen LogP contribution in [0.3, 0.4) is 0 Å². The molecule has 4 aromatic rings. The second-order valence-electron chi connectivity index (χ2n) is 11.0. The van der Waals surface area contributed by atoms with Crippen molar-refractivity contribution in [2.75, 3.05) is 20.9 Å². The molecule has 0 aliphatic carbocycles. The van der Waals surface area contributed by atoms with E-state index in [1.54, 1.807) is 48.5 Å². The van der Waals surface area contributed by atoms with Crippen LogP contribution in [-0.4, -0.2) is 61.5 Å². The molecule has 11 heteroatoms.